The molecule has 1 aromatic carbocycles. The third-order valence-corrected chi connectivity index (χ3v) is 4.36. The molecule has 140 valence electrons. The summed E-state index contributed by atoms with van der Waals surface area (Å²) < 4.78 is 5.13. The highest BCUT2D eigenvalue weighted by atomic mass is 16.5. The van der Waals surface area contributed by atoms with Gasteiger partial charge in [0.05, 0.1) is 18.7 Å². The van der Waals surface area contributed by atoms with Gasteiger partial charge in [-0.15, -0.1) is 0 Å². The Bertz CT molecular complexity index is 778. The van der Waals surface area contributed by atoms with Crippen LogP contribution in [0.3, 0.4) is 0 Å². The van der Waals surface area contributed by atoms with Crippen molar-refractivity contribution in [3.8, 4) is 0 Å². The normalized spacial score (nSPS) is 10.5. The Morgan fingerprint density at radius 1 is 1.12 bits per heavy atom. The topological polar surface area (TPSA) is 74.4 Å². The van der Waals surface area contributed by atoms with Crippen LogP contribution < -0.4 is 5.32 Å². The highest BCUT2D eigenvalue weighted by Crippen LogP contribution is 2.21. The molecule has 0 aliphatic carbocycles. The maximum atomic E-state index is 12.3. The number of esters is 1. The van der Waals surface area contributed by atoms with Crippen molar-refractivity contribution in [1.29, 1.82) is 0 Å². The molecule has 2 aromatic rings. The van der Waals surface area contributed by atoms with E-state index in [1.807, 2.05) is 45.0 Å². The summed E-state index contributed by atoms with van der Waals surface area (Å²) >= 11 is 0. The van der Waals surface area contributed by atoms with E-state index in [0.29, 0.717) is 25.3 Å². The van der Waals surface area contributed by atoms with Gasteiger partial charge in [-0.3, -0.25) is 0 Å². The number of rotatable bonds is 6. The van der Waals surface area contributed by atoms with Crippen molar-refractivity contribution < 1.29 is 14.3 Å². The van der Waals surface area contributed by atoms with Crippen LogP contribution in [0.5, 0.6) is 0 Å². The Labute approximate surface area is 154 Å². The van der Waals surface area contributed by atoms with Crippen molar-refractivity contribution in [3.05, 3.63) is 57.9 Å². The van der Waals surface area contributed by atoms with Gasteiger partial charge in [0, 0.05) is 25.0 Å². The summed E-state index contributed by atoms with van der Waals surface area (Å²) in [7, 11) is 1.61. The summed E-state index contributed by atoms with van der Waals surface area (Å²) in [4.78, 5) is 29.4. The number of nitrogens with zero attached hydrogens (tertiary/aromatic N) is 1. The van der Waals surface area contributed by atoms with Crippen LogP contribution in [0.2, 0.25) is 0 Å². The molecule has 0 spiro atoms. The fourth-order valence-electron chi connectivity index (χ4n) is 2.94. The second-order valence-corrected chi connectivity index (χ2v) is 6.35. The number of hydrogen-bond donors (Lipinski definition) is 2. The van der Waals surface area contributed by atoms with E-state index >= 15 is 0 Å². The number of aryl methyl sites for hydroxylation is 2. The average molecular weight is 357 g/mol. The van der Waals surface area contributed by atoms with E-state index in [9.17, 15) is 9.59 Å². The molecule has 0 aliphatic heterocycles. The lowest BCUT2D eigenvalue weighted by molar-refractivity contribution is 0.0525. The van der Waals surface area contributed by atoms with Crippen molar-refractivity contribution in [1.82, 2.24) is 15.2 Å². The molecular weight excluding hydrogens is 330 g/mol. The average Bonchev–Trinajstić information content (AvgIpc) is 2.89. The molecule has 0 fully saturated rings. The van der Waals surface area contributed by atoms with E-state index in [1.54, 1.807) is 18.9 Å². The molecule has 0 saturated heterocycles. The first kappa shape index (κ1) is 19.6. The predicted octanol–water partition coefficient (Wildman–Crippen LogP) is 3.46. The minimum atomic E-state index is -0.338. The molecule has 2 rings (SSSR count). The van der Waals surface area contributed by atoms with E-state index < -0.39 is 0 Å². The van der Waals surface area contributed by atoms with Crippen molar-refractivity contribution in [2.45, 2.75) is 40.8 Å². The zero-order valence-corrected chi connectivity index (χ0v) is 16.1. The van der Waals surface area contributed by atoms with Crippen LogP contribution in [0.4, 0.5) is 4.79 Å². The van der Waals surface area contributed by atoms with Crippen LogP contribution >= 0.6 is 0 Å². The highest BCUT2D eigenvalue weighted by Gasteiger charge is 2.22. The molecule has 2 N–H and O–H groups in total. The van der Waals surface area contributed by atoms with E-state index in [1.165, 1.54) is 5.56 Å². The molecule has 1 aromatic heterocycles. The Morgan fingerprint density at radius 2 is 1.77 bits per heavy atom. The molecule has 0 radical (unpaired) electrons. The first-order valence-corrected chi connectivity index (χ1v) is 8.74. The molecule has 0 atom stereocenters. The Morgan fingerprint density at radius 3 is 2.35 bits per heavy atom. The van der Waals surface area contributed by atoms with Crippen molar-refractivity contribution in [3.63, 3.8) is 0 Å². The second kappa shape index (κ2) is 8.56. The van der Waals surface area contributed by atoms with Gasteiger partial charge >= 0.3 is 12.0 Å². The number of aromatic nitrogens is 1. The number of carbonyl (C=O) groups excluding carboxylic acids is 2. The van der Waals surface area contributed by atoms with Gasteiger partial charge in [-0.25, -0.2) is 9.59 Å². The van der Waals surface area contributed by atoms with E-state index in [0.717, 1.165) is 22.5 Å². The molecule has 6 nitrogen and oxygen atoms in total. The van der Waals surface area contributed by atoms with E-state index in [4.69, 9.17) is 4.74 Å². The van der Waals surface area contributed by atoms with Crippen molar-refractivity contribution in [2.24, 2.45) is 0 Å². The number of H-pyrrole nitrogens is 1. The second-order valence-electron chi connectivity index (χ2n) is 6.35. The zero-order valence-electron chi connectivity index (χ0n) is 16.1. The van der Waals surface area contributed by atoms with Crippen LogP contribution in [0.25, 0.3) is 0 Å². The Hall–Kier alpha value is -2.76. The monoisotopic (exact) mass is 357 g/mol. The number of nitrogens with one attached hydrogen (secondary N) is 2. The largest absolute Gasteiger partial charge is 0.462 e. The van der Waals surface area contributed by atoms with Gasteiger partial charge in [-0.05, 0) is 38.8 Å². The molecule has 0 saturated carbocycles. The van der Waals surface area contributed by atoms with E-state index in [-0.39, 0.29) is 12.0 Å². The third-order valence-electron chi connectivity index (χ3n) is 4.36. The van der Waals surface area contributed by atoms with Gasteiger partial charge < -0.3 is 19.9 Å². The molecule has 1 heterocycles. The molecule has 0 bridgehead atoms. The van der Waals surface area contributed by atoms with E-state index in [2.05, 4.69) is 10.3 Å². The van der Waals surface area contributed by atoms with Gasteiger partial charge in [0.1, 0.15) is 0 Å². The Balaban J connectivity index is 2.26. The summed E-state index contributed by atoms with van der Waals surface area (Å²) in [5, 5.41) is 2.68. The highest BCUT2D eigenvalue weighted by molar-refractivity contribution is 5.92. The van der Waals surface area contributed by atoms with Crippen molar-refractivity contribution in [2.75, 3.05) is 13.7 Å². The lowest BCUT2D eigenvalue weighted by atomic mass is 10.1. The van der Waals surface area contributed by atoms with Crippen LogP contribution in [-0.2, 0) is 17.8 Å². The lowest BCUT2D eigenvalue weighted by Gasteiger charge is -2.22. The number of ether oxygens (including phenoxy) is 1. The van der Waals surface area contributed by atoms with Gasteiger partial charge in [0.2, 0.25) is 0 Å². The molecular formula is C20H27N3O3. The van der Waals surface area contributed by atoms with Crippen molar-refractivity contribution >= 4 is 12.0 Å². The minimum absolute atomic E-state index is 0.171. The SMILES string of the molecule is CCOC(=O)c1c(C)[nH]c(CN(Cc2ccc(C)cc2)C(=O)NC)c1C. The number of carbonyl (C=O) groups is 2. The molecule has 0 unspecified atom stereocenters. The molecule has 2 amide bonds. The predicted molar refractivity (Wildman–Crippen MR) is 101 cm³/mol. The number of aromatic amines is 1. The third kappa shape index (κ3) is 4.45. The number of benzene rings is 1. The van der Waals surface area contributed by atoms with Crippen LogP contribution in [0, 0.1) is 20.8 Å². The zero-order chi connectivity index (χ0) is 19.3. The fraction of sp³-hybridized carbons (Fsp3) is 0.400. The first-order chi connectivity index (χ1) is 12.4. The van der Waals surface area contributed by atoms with Gasteiger partial charge in [0.25, 0.3) is 0 Å². The first-order valence-electron chi connectivity index (χ1n) is 8.74. The summed E-state index contributed by atoms with van der Waals surface area (Å²) in [5.74, 6) is -0.338. The van der Waals surface area contributed by atoms with Crippen LogP contribution in [0.15, 0.2) is 24.3 Å². The maximum absolute atomic E-state index is 12.3. The van der Waals surface area contributed by atoms with Crippen LogP contribution in [-0.4, -0.2) is 35.5 Å². The standard InChI is InChI=1S/C20H27N3O3/c1-6-26-19(24)18-14(3)17(22-15(18)4)12-23(20(25)21-5)11-16-9-7-13(2)8-10-16/h7-10,22H,6,11-12H2,1-5H3,(H,21,25). The Kier molecular flexibility index (Phi) is 6.44. The molecule has 0 aliphatic rings. The fourth-order valence-corrected chi connectivity index (χ4v) is 2.94. The summed E-state index contributed by atoms with van der Waals surface area (Å²) in [6, 6.07) is 7.92. The summed E-state index contributed by atoms with van der Waals surface area (Å²) in [6.07, 6.45) is 0. The minimum Gasteiger partial charge on any atom is -0.462 e. The van der Waals surface area contributed by atoms with Gasteiger partial charge in [-0.2, -0.15) is 0 Å². The van der Waals surface area contributed by atoms with Crippen LogP contribution in [0.1, 0.15) is 45.4 Å². The molecule has 26 heavy (non-hydrogen) atoms. The number of amides is 2. The molecule has 6 heteroatoms. The number of urea groups is 1. The lowest BCUT2D eigenvalue weighted by Crippen LogP contribution is -2.37. The summed E-state index contributed by atoms with van der Waals surface area (Å²) in [5.41, 5.74) is 5.18. The maximum Gasteiger partial charge on any atom is 0.340 e. The smallest absolute Gasteiger partial charge is 0.340 e. The summed E-state index contributed by atoms with van der Waals surface area (Å²) in [6.45, 7) is 8.71. The van der Waals surface area contributed by atoms with Gasteiger partial charge in [0.15, 0.2) is 0 Å². The number of hydrogen-bond acceptors (Lipinski definition) is 3. The van der Waals surface area contributed by atoms with Gasteiger partial charge in [-0.1, -0.05) is 29.8 Å². The quantitative estimate of drug-likeness (QED) is 0.778.